The Morgan fingerprint density at radius 1 is 1.21 bits per heavy atom. The lowest BCUT2D eigenvalue weighted by Gasteiger charge is -2.22. The Balaban J connectivity index is 1.63. The fourth-order valence-corrected chi connectivity index (χ4v) is 2.59. The molecular weight excluding hydrogens is 242 g/mol. The first-order valence-corrected chi connectivity index (χ1v) is 6.77. The first kappa shape index (κ1) is 12.1. The predicted octanol–water partition coefficient (Wildman–Crippen LogP) is 3.81. The molecule has 0 aromatic carbocycles. The average Bonchev–Trinajstić information content (AvgIpc) is 2.83. The van der Waals surface area contributed by atoms with Gasteiger partial charge in [-0.3, -0.25) is 0 Å². The fraction of sp³-hybridized carbons (Fsp3) is 0.400. The van der Waals surface area contributed by atoms with Gasteiger partial charge in [0, 0.05) is 11.6 Å². The summed E-state index contributed by atoms with van der Waals surface area (Å²) in [5, 5.41) is 2.92. The Kier molecular flexibility index (Phi) is 3.40. The van der Waals surface area contributed by atoms with Gasteiger partial charge in [0.1, 0.15) is 0 Å². The first-order chi connectivity index (χ1) is 9.33. The summed E-state index contributed by atoms with van der Waals surface area (Å²) in [5.41, 5.74) is 0.933. The predicted molar refractivity (Wildman–Crippen MR) is 71.4 cm³/mol. The van der Waals surface area contributed by atoms with Crippen LogP contribution < -0.4 is 10.1 Å². The van der Waals surface area contributed by atoms with Crippen molar-refractivity contribution in [2.45, 2.75) is 38.1 Å². The Hall–Kier alpha value is -1.97. The van der Waals surface area contributed by atoms with Crippen LogP contribution in [0.5, 0.6) is 5.75 Å². The Bertz CT molecular complexity index is 528. The smallest absolute Gasteiger partial charge is 0.412 e. The third kappa shape index (κ3) is 2.72. The molecule has 3 rings (SSSR count). The van der Waals surface area contributed by atoms with E-state index in [0.29, 0.717) is 11.5 Å². The van der Waals surface area contributed by atoms with Crippen LogP contribution >= 0.6 is 0 Å². The number of fused-ring (bicyclic) bond motifs is 1. The van der Waals surface area contributed by atoms with Gasteiger partial charge in [-0.15, -0.1) is 0 Å². The Morgan fingerprint density at radius 2 is 2.05 bits per heavy atom. The molecule has 19 heavy (non-hydrogen) atoms. The summed E-state index contributed by atoms with van der Waals surface area (Å²) in [6.07, 6.45) is 6.90. The standard InChI is InChI=1S/C15H17NO3/c17-15(16-12-6-2-1-3-7-12)19-13-9-8-11-5-4-10-18-14(11)13/h4-5,8-10,12H,1-3,6-7H2,(H,16,17). The molecule has 0 radical (unpaired) electrons. The van der Waals surface area contributed by atoms with Crippen LogP contribution in [0, 0.1) is 0 Å². The van der Waals surface area contributed by atoms with Crippen molar-refractivity contribution in [2.75, 3.05) is 0 Å². The van der Waals surface area contributed by atoms with Crippen LogP contribution in [0.2, 0.25) is 0 Å². The highest BCUT2D eigenvalue weighted by Gasteiger charge is 2.19. The Morgan fingerprint density at radius 3 is 2.89 bits per heavy atom. The number of ether oxygens (including phenoxy) is 1. The Labute approximate surface area is 112 Å². The van der Waals surface area contributed by atoms with Gasteiger partial charge >= 0.3 is 6.09 Å². The van der Waals surface area contributed by atoms with Crippen LogP contribution in [0.1, 0.15) is 32.1 Å². The van der Waals surface area contributed by atoms with Gasteiger partial charge in [0.15, 0.2) is 11.5 Å². The molecule has 1 amide bonds. The van der Waals surface area contributed by atoms with Gasteiger partial charge in [0.05, 0.1) is 6.26 Å². The van der Waals surface area contributed by atoms with Gasteiger partial charge in [0.25, 0.3) is 0 Å². The molecule has 0 aromatic rings. The van der Waals surface area contributed by atoms with Gasteiger partial charge in [0.2, 0.25) is 0 Å². The maximum Gasteiger partial charge on any atom is 0.412 e. The molecule has 1 saturated carbocycles. The van der Waals surface area contributed by atoms with E-state index in [1.807, 2.05) is 18.2 Å². The molecule has 0 bridgehead atoms. The molecule has 4 heteroatoms. The van der Waals surface area contributed by atoms with E-state index in [4.69, 9.17) is 9.15 Å². The van der Waals surface area contributed by atoms with E-state index in [1.165, 1.54) is 19.3 Å². The minimum Gasteiger partial charge on any atom is -0.460 e. The van der Waals surface area contributed by atoms with Crippen molar-refractivity contribution in [2.24, 2.45) is 0 Å². The van der Waals surface area contributed by atoms with Gasteiger partial charge in [-0.05, 0) is 37.1 Å². The van der Waals surface area contributed by atoms with Gasteiger partial charge in [-0.2, -0.15) is 0 Å². The average molecular weight is 259 g/mol. The molecule has 0 atom stereocenters. The molecule has 1 N–H and O–H groups in total. The number of carbonyl (C=O) groups excluding carboxylic acids is 1. The molecule has 100 valence electrons. The van der Waals surface area contributed by atoms with Crippen molar-refractivity contribution in [3.05, 3.63) is 30.5 Å². The second-order valence-electron chi connectivity index (χ2n) is 4.96. The topological polar surface area (TPSA) is 51.5 Å². The van der Waals surface area contributed by atoms with Crippen molar-refractivity contribution in [1.29, 1.82) is 0 Å². The number of hydrogen-bond acceptors (Lipinski definition) is 3. The molecular formula is C15H17NO3. The van der Waals surface area contributed by atoms with Crippen LogP contribution in [-0.2, 0) is 0 Å². The fourth-order valence-electron chi connectivity index (χ4n) is 2.59. The molecule has 0 spiro atoms. The molecule has 0 saturated heterocycles. The van der Waals surface area contributed by atoms with E-state index in [-0.39, 0.29) is 6.04 Å². The molecule has 1 aliphatic heterocycles. The number of carbonyl (C=O) groups is 1. The lowest BCUT2D eigenvalue weighted by atomic mass is 9.96. The maximum atomic E-state index is 11.8. The van der Waals surface area contributed by atoms with Crippen LogP contribution in [-0.4, -0.2) is 12.1 Å². The second-order valence-corrected chi connectivity index (χ2v) is 4.96. The summed E-state index contributed by atoms with van der Waals surface area (Å²) < 4.78 is 10.7. The van der Waals surface area contributed by atoms with E-state index in [1.54, 1.807) is 12.3 Å². The molecule has 2 aliphatic carbocycles. The summed E-state index contributed by atoms with van der Waals surface area (Å²) in [6, 6.07) is 7.62. The van der Waals surface area contributed by atoms with Crippen LogP contribution in [0.3, 0.4) is 0 Å². The highest BCUT2D eigenvalue weighted by atomic mass is 16.6. The molecule has 1 heterocycles. The normalized spacial score (nSPS) is 16.4. The molecule has 1 fully saturated rings. The van der Waals surface area contributed by atoms with Crippen LogP contribution in [0.4, 0.5) is 4.79 Å². The lowest BCUT2D eigenvalue weighted by molar-refractivity contribution is 0.191. The minimum absolute atomic E-state index is 0.249. The number of amides is 1. The summed E-state index contributed by atoms with van der Waals surface area (Å²) in [7, 11) is 0. The SMILES string of the molecule is O=C(NC1CCCCC1)Oc1ccc2cccoc1-2. The lowest BCUT2D eigenvalue weighted by Crippen LogP contribution is -2.37. The van der Waals surface area contributed by atoms with Gasteiger partial charge < -0.3 is 14.5 Å². The zero-order valence-corrected chi connectivity index (χ0v) is 10.7. The molecule has 0 unspecified atom stereocenters. The zero-order valence-electron chi connectivity index (χ0n) is 10.7. The third-order valence-electron chi connectivity index (χ3n) is 3.57. The highest BCUT2D eigenvalue weighted by Crippen LogP contribution is 2.33. The van der Waals surface area contributed by atoms with Gasteiger partial charge in [-0.1, -0.05) is 19.3 Å². The van der Waals surface area contributed by atoms with Gasteiger partial charge in [-0.25, -0.2) is 4.79 Å². The third-order valence-corrected chi connectivity index (χ3v) is 3.57. The van der Waals surface area contributed by atoms with Crippen molar-refractivity contribution < 1.29 is 13.9 Å². The van der Waals surface area contributed by atoms with E-state index in [9.17, 15) is 4.79 Å². The van der Waals surface area contributed by atoms with Crippen molar-refractivity contribution in [1.82, 2.24) is 5.32 Å². The second kappa shape index (κ2) is 5.34. The molecule has 0 aromatic heterocycles. The monoisotopic (exact) mass is 259 g/mol. The zero-order chi connectivity index (χ0) is 13.1. The quantitative estimate of drug-likeness (QED) is 0.892. The summed E-state index contributed by atoms with van der Waals surface area (Å²) >= 11 is 0. The van der Waals surface area contributed by atoms with E-state index in [0.717, 1.165) is 18.4 Å². The maximum absolute atomic E-state index is 11.8. The van der Waals surface area contributed by atoms with Crippen LogP contribution in [0.25, 0.3) is 11.3 Å². The molecule has 4 nitrogen and oxygen atoms in total. The first-order valence-electron chi connectivity index (χ1n) is 6.77. The number of nitrogens with one attached hydrogen (secondary N) is 1. The molecule has 3 aliphatic rings. The summed E-state index contributed by atoms with van der Waals surface area (Å²) in [4.78, 5) is 11.8. The number of rotatable bonds is 2. The highest BCUT2D eigenvalue weighted by molar-refractivity contribution is 5.76. The number of hydrogen-bond donors (Lipinski definition) is 1. The van der Waals surface area contributed by atoms with E-state index in [2.05, 4.69) is 5.32 Å². The summed E-state index contributed by atoms with van der Waals surface area (Å²) in [6.45, 7) is 0. The van der Waals surface area contributed by atoms with Crippen molar-refractivity contribution in [3.63, 3.8) is 0 Å². The van der Waals surface area contributed by atoms with Crippen molar-refractivity contribution >= 4 is 6.09 Å². The van der Waals surface area contributed by atoms with E-state index >= 15 is 0 Å². The van der Waals surface area contributed by atoms with Crippen LogP contribution in [0.15, 0.2) is 34.9 Å². The van der Waals surface area contributed by atoms with Crippen molar-refractivity contribution in [3.8, 4) is 17.1 Å². The summed E-state index contributed by atoms with van der Waals surface area (Å²) in [5.74, 6) is 1.09. The van der Waals surface area contributed by atoms with E-state index < -0.39 is 6.09 Å². The largest absolute Gasteiger partial charge is 0.460 e. The minimum atomic E-state index is -0.390.